The molecule has 3 rings (SSSR count). The Bertz CT molecular complexity index is 833. The number of anilines is 1. The van der Waals surface area contributed by atoms with Crippen LogP contribution in [0.15, 0.2) is 79.0 Å². The molecule has 1 N–H and O–H groups in total. The van der Waals surface area contributed by atoms with E-state index in [1.807, 2.05) is 72.5 Å². The predicted octanol–water partition coefficient (Wildman–Crippen LogP) is 4.40. The summed E-state index contributed by atoms with van der Waals surface area (Å²) in [5.74, 6) is 0.790. The molecule has 0 atom stereocenters. The van der Waals surface area contributed by atoms with E-state index in [1.165, 1.54) is 5.56 Å². The molecule has 1 amide bonds. The normalized spacial score (nSPS) is 10.4. The maximum absolute atomic E-state index is 12.8. The van der Waals surface area contributed by atoms with Gasteiger partial charge in [0.2, 0.25) is 0 Å². The molecule has 27 heavy (non-hydrogen) atoms. The van der Waals surface area contributed by atoms with E-state index >= 15 is 0 Å². The summed E-state index contributed by atoms with van der Waals surface area (Å²) in [6.07, 6.45) is 2.59. The van der Waals surface area contributed by atoms with Gasteiger partial charge in [0.1, 0.15) is 5.82 Å². The zero-order valence-corrected chi connectivity index (χ0v) is 15.6. The molecule has 0 saturated heterocycles. The van der Waals surface area contributed by atoms with Crippen LogP contribution in [0.5, 0.6) is 0 Å². The highest BCUT2D eigenvalue weighted by Crippen LogP contribution is 2.12. The molecule has 2 aromatic carbocycles. The highest BCUT2D eigenvalue weighted by molar-refractivity contribution is 5.94. The van der Waals surface area contributed by atoms with Crippen LogP contribution in [0.1, 0.15) is 28.4 Å². The smallest absolute Gasteiger partial charge is 0.255 e. The van der Waals surface area contributed by atoms with Crippen LogP contribution in [0.2, 0.25) is 0 Å². The van der Waals surface area contributed by atoms with Crippen molar-refractivity contribution >= 4 is 11.7 Å². The van der Waals surface area contributed by atoms with Crippen LogP contribution in [0.3, 0.4) is 0 Å². The van der Waals surface area contributed by atoms with E-state index in [2.05, 4.69) is 22.4 Å². The van der Waals surface area contributed by atoms with Gasteiger partial charge in [-0.25, -0.2) is 4.98 Å². The topological polar surface area (TPSA) is 45.2 Å². The number of pyridine rings is 1. The number of carbonyl (C=O) groups excluding carboxylic acids is 1. The highest BCUT2D eigenvalue weighted by atomic mass is 16.2. The number of hydrogen-bond acceptors (Lipinski definition) is 3. The number of carbonyl (C=O) groups is 1. The average molecular weight is 359 g/mol. The summed E-state index contributed by atoms with van der Waals surface area (Å²) in [6.45, 7) is 4.06. The first-order valence-electron chi connectivity index (χ1n) is 9.33. The van der Waals surface area contributed by atoms with Crippen molar-refractivity contribution < 1.29 is 4.79 Å². The van der Waals surface area contributed by atoms with Crippen molar-refractivity contribution in [1.82, 2.24) is 9.88 Å². The molecule has 0 radical (unpaired) electrons. The maximum atomic E-state index is 12.8. The minimum absolute atomic E-state index is 0.00434. The Kier molecular flexibility index (Phi) is 6.58. The van der Waals surface area contributed by atoms with E-state index in [1.54, 1.807) is 6.20 Å². The fourth-order valence-electron chi connectivity index (χ4n) is 2.92. The molecule has 138 valence electrons. The summed E-state index contributed by atoms with van der Waals surface area (Å²) in [5.41, 5.74) is 3.03. The van der Waals surface area contributed by atoms with Gasteiger partial charge in [-0.1, -0.05) is 60.7 Å². The second-order valence-electron chi connectivity index (χ2n) is 6.40. The molecule has 0 aliphatic rings. The summed E-state index contributed by atoms with van der Waals surface area (Å²) in [4.78, 5) is 19.0. The third kappa shape index (κ3) is 5.42. The first kappa shape index (κ1) is 18.6. The van der Waals surface area contributed by atoms with E-state index in [9.17, 15) is 4.79 Å². The zero-order chi connectivity index (χ0) is 18.9. The first-order chi connectivity index (χ1) is 13.3. The molecule has 0 fully saturated rings. The van der Waals surface area contributed by atoms with Crippen molar-refractivity contribution in [2.24, 2.45) is 0 Å². The summed E-state index contributed by atoms with van der Waals surface area (Å²) in [7, 11) is 0. The molecule has 0 aliphatic carbocycles. The molecule has 0 unspecified atom stereocenters. The van der Waals surface area contributed by atoms with Crippen LogP contribution in [0.25, 0.3) is 0 Å². The number of hydrogen-bond donors (Lipinski definition) is 1. The largest absolute Gasteiger partial charge is 0.370 e. The SMILES string of the molecule is CCN(Cc1ccccc1)C(=O)c1ccc(NCCc2ccccc2)nc1. The van der Waals surface area contributed by atoms with Gasteiger partial charge in [0.05, 0.1) is 5.56 Å². The molecule has 1 heterocycles. The van der Waals surface area contributed by atoms with Crippen molar-refractivity contribution in [3.63, 3.8) is 0 Å². The summed E-state index contributed by atoms with van der Waals surface area (Å²) in [6, 6.07) is 24.1. The molecular weight excluding hydrogens is 334 g/mol. The second-order valence-corrected chi connectivity index (χ2v) is 6.40. The molecule has 0 spiro atoms. The molecule has 1 aromatic heterocycles. The Balaban J connectivity index is 1.56. The Hall–Kier alpha value is -3.14. The average Bonchev–Trinajstić information content (AvgIpc) is 2.73. The quantitative estimate of drug-likeness (QED) is 0.648. The molecule has 0 aliphatic heterocycles. The van der Waals surface area contributed by atoms with Gasteiger partial charge in [0.15, 0.2) is 0 Å². The van der Waals surface area contributed by atoms with E-state index < -0.39 is 0 Å². The second kappa shape index (κ2) is 9.53. The van der Waals surface area contributed by atoms with E-state index in [4.69, 9.17) is 0 Å². The fourth-order valence-corrected chi connectivity index (χ4v) is 2.92. The maximum Gasteiger partial charge on any atom is 0.255 e. The van der Waals surface area contributed by atoms with Crippen LogP contribution in [-0.2, 0) is 13.0 Å². The Morgan fingerprint density at radius 2 is 1.59 bits per heavy atom. The molecular formula is C23H25N3O. The molecule has 0 bridgehead atoms. The lowest BCUT2D eigenvalue weighted by Crippen LogP contribution is -2.30. The van der Waals surface area contributed by atoms with Crippen LogP contribution < -0.4 is 5.32 Å². The van der Waals surface area contributed by atoms with Crippen molar-refractivity contribution in [2.45, 2.75) is 19.9 Å². The van der Waals surface area contributed by atoms with Gasteiger partial charge in [0.25, 0.3) is 5.91 Å². The van der Waals surface area contributed by atoms with Crippen LogP contribution >= 0.6 is 0 Å². The van der Waals surface area contributed by atoms with Gasteiger partial charge in [-0.15, -0.1) is 0 Å². The number of nitrogens with zero attached hydrogens (tertiary/aromatic N) is 2. The molecule has 4 heteroatoms. The third-order valence-corrected chi connectivity index (χ3v) is 4.46. The third-order valence-electron chi connectivity index (χ3n) is 4.46. The Labute approximate surface area is 160 Å². The lowest BCUT2D eigenvalue weighted by Gasteiger charge is -2.21. The molecule has 0 saturated carbocycles. The van der Waals surface area contributed by atoms with Crippen molar-refractivity contribution in [1.29, 1.82) is 0 Å². The lowest BCUT2D eigenvalue weighted by molar-refractivity contribution is 0.0752. The van der Waals surface area contributed by atoms with E-state index in [-0.39, 0.29) is 5.91 Å². The van der Waals surface area contributed by atoms with Crippen LogP contribution in [-0.4, -0.2) is 28.9 Å². The Morgan fingerprint density at radius 3 is 2.19 bits per heavy atom. The number of amides is 1. The van der Waals surface area contributed by atoms with Gasteiger partial charge < -0.3 is 10.2 Å². The predicted molar refractivity (Wildman–Crippen MR) is 110 cm³/mol. The van der Waals surface area contributed by atoms with Crippen LogP contribution in [0, 0.1) is 0 Å². The minimum atomic E-state index is 0.00434. The van der Waals surface area contributed by atoms with Gasteiger partial charge in [-0.2, -0.15) is 0 Å². The monoisotopic (exact) mass is 359 g/mol. The van der Waals surface area contributed by atoms with Gasteiger partial charge in [-0.05, 0) is 36.6 Å². The Morgan fingerprint density at radius 1 is 0.926 bits per heavy atom. The summed E-state index contributed by atoms with van der Waals surface area (Å²) >= 11 is 0. The van der Waals surface area contributed by atoms with Gasteiger partial charge in [0, 0.05) is 25.8 Å². The molecule has 4 nitrogen and oxygen atoms in total. The lowest BCUT2D eigenvalue weighted by atomic mass is 10.1. The number of benzene rings is 2. The van der Waals surface area contributed by atoms with Crippen molar-refractivity contribution in [3.8, 4) is 0 Å². The first-order valence-corrected chi connectivity index (χ1v) is 9.33. The zero-order valence-electron chi connectivity index (χ0n) is 15.6. The van der Waals surface area contributed by atoms with Crippen molar-refractivity contribution in [2.75, 3.05) is 18.4 Å². The minimum Gasteiger partial charge on any atom is -0.370 e. The number of aromatic nitrogens is 1. The number of nitrogens with one attached hydrogen (secondary N) is 1. The highest BCUT2D eigenvalue weighted by Gasteiger charge is 2.14. The molecule has 3 aromatic rings. The van der Waals surface area contributed by atoms with Crippen LogP contribution in [0.4, 0.5) is 5.82 Å². The van der Waals surface area contributed by atoms with E-state index in [0.29, 0.717) is 18.7 Å². The summed E-state index contributed by atoms with van der Waals surface area (Å²) in [5, 5.41) is 3.31. The van der Waals surface area contributed by atoms with Crippen molar-refractivity contribution in [3.05, 3.63) is 95.7 Å². The van der Waals surface area contributed by atoms with Gasteiger partial charge >= 0.3 is 0 Å². The van der Waals surface area contributed by atoms with Gasteiger partial charge in [-0.3, -0.25) is 4.79 Å². The summed E-state index contributed by atoms with van der Waals surface area (Å²) < 4.78 is 0. The number of rotatable bonds is 8. The van der Waals surface area contributed by atoms with E-state index in [0.717, 1.165) is 24.3 Å². The standard InChI is InChI=1S/C23H25N3O/c1-2-26(18-20-11-7-4-8-12-20)23(27)21-13-14-22(25-17-21)24-16-15-19-9-5-3-6-10-19/h3-14,17H,2,15-16,18H2,1H3,(H,24,25). The fraction of sp³-hybridized carbons (Fsp3) is 0.217.